The molecule has 1 unspecified atom stereocenters. The van der Waals surface area contributed by atoms with Gasteiger partial charge in [-0.1, -0.05) is 53.4 Å². The van der Waals surface area contributed by atoms with Crippen molar-refractivity contribution in [1.29, 1.82) is 0 Å². The standard InChI is InChI=1S/C12H24/c1-10-7-5-6-8-11(10)9-12(2,3)4/h10-11H,5-9H2,1-4H3/t10?,11-/m0/s1. The lowest BCUT2D eigenvalue weighted by molar-refractivity contribution is 0.180. The fraction of sp³-hybridized carbons (Fsp3) is 1.00. The van der Waals surface area contributed by atoms with Crippen molar-refractivity contribution >= 4 is 0 Å². The van der Waals surface area contributed by atoms with Crippen LogP contribution in [-0.2, 0) is 0 Å². The highest BCUT2D eigenvalue weighted by Crippen LogP contribution is 2.37. The molecule has 2 atom stereocenters. The van der Waals surface area contributed by atoms with Crippen LogP contribution in [0.25, 0.3) is 0 Å². The van der Waals surface area contributed by atoms with Crippen LogP contribution in [0.1, 0.15) is 59.8 Å². The van der Waals surface area contributed by atoms with E-state index in [0.29, 0.717) is 5.41 Å². The Hall–Kier alpha value is 0. The van der Waals surface area contributed by atoms with E-state index in [1.54, 1.807) is 0 Å². The summed E-state index contributed by atoms with van der Waals surface area (Å²) >= 11 is 0. The average Bonchev–Trinajstić information content (AvgIpc) is 1.91. The van der Waals surface area contributed by atoms with Gasteiger partial charge in [-0.2, -0.15) is 0 Å². The van der Waals surface area contributed by atoms with Crippen molar-refractivity contribution in [2.75, 3.05) is 0 Å². The van der Waals surface area contributed by atoms with Crippen LogP contribution in [0.5, 0.6) is 0 Å². The molecule has 0 bridgehead atoms. The van der Waals surface area contributed by atoms with Crippen LogP contribution < -0.4 is 0 Å². The Morgan fingerprint density at radius 2 is 1.67 bits per heavy atom. The molecule has 0 aromatic rings. The normalized spacial score (nSPS) is 32.0. The molecule has 0 spiro atoms. The van der Waals surface area contributed by atoms with Crippen molar-refractivity contribution in [3.8, 4) is 0 Å². The van der Waals surface area contributed by atoms with Gasteiger partial charge in [-0.3, -0.25) is 0 Å². The summed E-state index contributed by atoms with van der Waals surface area (Å²) < 4.78 is 0. The second kappa shape index (κ2) is 3.81. The van der Waals surface area contributed by atoms with E-state index >= 15 is 0 Å². The van der Waals surface area contributed by atoms with E-state index in [4.69, 9.17) is 0 Å². The van der Waals surface area contributed by atoms with Crippen LogP contribution in [-0.4, -0.2) is 0 Å². The van der Waals surface area contributed by atoms with Crippen LogP contribution in [0.3, 0.4) is 0 Å². The van der Waals surface area contributed by atoms with Crippen LogP contribution in [0.2, 0.25) is 0 Å². The first-order chi connectivity index (χ1) is 5.49. The molecule has 0 heteroatoms. The van der Waals surface area contributed by atoms with E-state index in [-0.39, 0.29) is 0 Å². The van der Waals surface area contributed by atoms with Crippen LogP contribution in [0, 0.1) is 17.3 Å². The first kappa shape index (κ1) is 10.1. The van der Waals surface area contributed by atoms with E-state index in [1.807, 2.05) is 0 Å². The van der Waals surface area contributed by atoms with E-state index in [1.165, 1.54) is 32.1 Å². The molecule has 0 heterocycles. The first-order valence-electron chi connectivity index (χ1n) is 5.49. The minimum atomic E-state index is 0.538. The average molecular weight is 168 g/mol. The highest BCUT2D eigenvalue weighted by molar-refractivity contribution is 4.76. The third-order valence-corrected chi connectivity index (χ3v) is 3.16. The van der Waals surface area contributed by atoms with Crippen molar-refractivity contribution in [1.82, 2.24) is 0 Å². The Labute approximate surface area is 77.7 Å². The van der Waals surface area contributed by atoms with Gasteiger partial charge < -0.3 is 0 Å². The zero-order valence-electron chi connectivity index (χ0n) is 9.19. The summed E-state index contributed by atoms with van der Waals surface area (Å²) in [5, 5.41) is 0. The maximum absolute atomic E-state index is 2.44. The van der Waals surface area contributed by atoms with Gasteiger partial charge in [0, 0.05) is 0 Å². The molecule has 0 saturated heterocycles. The zero-order valence-corrected chi connectivity index (χ0v) is 9.19. The lowest BCUT2D eigenvalue weighted by Gasteiger charge is -2.33. The molecule has 12 heavy (non-hydrogen) atoms. The molecule has 0 N–H and O–H groups in total. The van der Waals surface area contributed by atoms with Crippen molar-refractivity contribution in [2.24, 2.45) is 17.3 Å². The van der Waals surface area contributed by atoms with Gasteiger partial charge in [0.15, 0.2) is 0 Å². The maximum Gasteiger partial charge on any atom is -0.0380 e. The second-order valence-electron chi connectivity index (χ2n) is 5.79. The van der Waals surface area contributed by atoms with Gasteiger partial charge in [0.2, 0.25) is 0 Å². The third kappa shape index (κ3) is 3.16. The summed E-state index contributed by atoms with van der Waals surface area (Å²) in [6.45, 7) is 9.55. The van der Waals surface area contributed by atoms with Gasteiger partial charge in [-0.15, -0.1) is 0 Å². The number of hydrogen-bond acceptors (Lipinski definition) is 0. The molecule has 1 aliphatic carbocycles. The maximum atomic E-state index is 2.44. The van der Waals surface area contributed by atoms with Crippen molar-refractivity contribution in [3.63, 3.8) is 0 Å². The van der Waals surface area contributed by atoms with E-state index in [2.05, 4.69) is 27.7 Å². The molecule has 1 fully saturated rings. The molecule has 0 radical (unpaired) electrons. The molecule has 0 aliphatic heterocycles. The van der Waals surface area contributed by atoms with Gasteiger partial charge in [-0.05, 0) is 23.7 Å². The summed E-state index contributed by atoms with van der Waals surface area (Å²) in [5.41, 5.74) is 0.538. The van der Waals surface area contributed by atoms with E-state index in [0.717, 1.165) is 11.8 Å². The Kier molecular flexibility index (Phi) is 3.20. The predicted molar refractivity (Wildman–Crippen MR) is 55.2 cm³/mol. The smallest absolute Gasteiger partial charge is 0.0380 e. The topological polar surface area (TPSA) is 0 Å². The van der Waals surface area contributed by atoms with Gasteiger partial charge in [0.25, 0.3) is 0 Å². The third-order valence-electron chi connectivity index (χ3n) is 3.16. The van der Waals surface area contributed by atoms with E-state index < -0.39 is 0 Å². The molecule has 0 nitrogen and oxygen atoms in total. The summed E-state index contributed by atoms with van der Waals surface area (Å²) in [5.74, 6) is 2.00. The quantitative estimate of drug-likeness (QED) is 0.549. The SMILES string of the molecule is CC1CCCC[C@H]1CC(C)(C)C. The van der Waals surface area contributed by atoms with Crippen molar-refractivity contribution in [2.45, 2.75) is 59.8 Å². The molecular weight excluding hydrogens is 144 g/mol. The minimum Gasteiger partial charge on any atom is -0.0622 e. The monoisotopic (exact) mass is 168 g/mol. The highest BCUT2D eigenvalue weighted by atomic mass is 14.3. The molecule has 1 rings (SSSR count). The minimum absolute atomic E-state index is 0.538. The van der Waals surface area contributed by atoms with Gasteiger partial charge in [0.1, 0.15) is 0 Å². The Morgan fingerprint density at radius 1 is 1.08 bits per heavy atom. The predicted octanol–water partition coefficient (Wildman–Crippen LogP) is 4.25. The molecule has 72 valence electrons. The van der Waals surface area contributed by atoms with Crippen LogP contribution in [0.4, 0.5) is 0 Å². The van der Waals surface area contributed by atoms with Crippen LogP contribution in [0.15, 0.2) is 0 Å². The Bertz CT molecular complexity index is 129. The lowest BCUT2D eigenvalue weighted by atomic mass is 9.72. The highest BCUT2D eigenvalue weighted by Gasteiger charge is 2.25. The van der Waals surface area contributed by atoms with Crippen molar-refractivity contribution < 1.29 is 0 Å². The summed E-state index contributed by atoms with van der Waals surface area (Å²) in [4.78, 5) is 0. The molecule has 0 aromatic carbocycles. The summed E-state index contributed by atoms with van der Waals surface area (Å²) in [7, 11) is 0. The largest absolute Gasteiger partial charge is 0.0622 e. The van der Waals surface area contributed by atoms with E-state index in [9.17, 15) is 0 Å². The number of rotatable bonds is 1. The molecule has 0 amide bonds. The van der Waals surface area contributed by atoms with Crippen LogP contribution >= 0.6 is 0 Å². The second-order valence-corrected chi connectivity index (χ2v) is 5.79. The molecular formula is C12H24. The zero-order chi connectivity index (χ0) is 9.19. The molecule has 1 saturated carbocycles. The van der Waals surface area contributed by atoms with Gasteiger partial charge in [-0.25, -0.2) is 0 Å². The molecule has 1 aliphatic rings. The number of hydrogen-bond donors (Lipinski definition) is 0. The summed E-state index contributed by atoms with van der Waals surface area (Å²) in [6, 6.07) is 0. The lowest BCUT2D eigenvalue weighted by Crippen LogP contribution is -2.22. The van der Waals surface area contributed by atoms with Gasteiger partial charge >= 0.3 is 0 Å². The first-order valence-corrected chi connectivity index (χ1v) is 5.49. The fourth-order valence-corrected chi connectivity index (χ4v) is 2.48. The summed E-state index contributed by atoms with van der Waals surface area (Å²) in [6.07, 6.45) is 7.33. The fourth-order valence-electron chi connectivity index (χ4n) is 2.48. The Morgan fingerprint density at radius 3 is 2.17 bits per heavy atom. The molecule has 0 aromatic heterocycles. The Balaban J connectivity index is 2.39. The van der Waals surface area contributed by atoms with Crippen molar-refractivity contribution in [3.05, 3.63) is 0 Å². The van der Waals surface area contributed by atoms with Gasteiger partial charge in [0.05, 0.1) is 0 Å².